The molecule has 1 aliphatic rings. The fourth-order valence-electron chi connectivity index (χ4n) is 3.83. The molecule has 6 nitrogen and oxygen atoms in total. The number of rotatable bonds is 4. The molecular formula is C20H27N3O3. The van der Waals surface area contributed by atoms with Gasteiger partial charge in [-0.15, -0.1) is 0 Å². The topological polar surface area (TPSA) is 78.6 Å². The maximum Gasteiger partial charge on any atom is 0.217 e. The number of nitrogens with one attached hydrogen (secondary N) is 1. The van der Waals surface area contributed by atoms with E-state index in [1.165, 1.54) is 6.92 Å². The molecule has 0 aliphatic carbocycles. The molecule has 2 heterocycles. The van der Waals surface area contributed by atoms with E-state index in [9.17, 15) is 9.90 Å². The summed E-state index contributed by atoms with van der Waals surface area (Å²) in [5.41, 5.74) is 2.02. The van der Waals surface area contributed by atoms with Crippen LogP contribution in [0.1, 0.15) is 48.9 Å². The van der Waals surface area contributed by atoms with Gasteiger partial charge in [-0.25, -0.2) is 0 Å². The number of aromatic nitrogens is 1. The van der Waals surface area contributed by atoms with Crippen molar-refractivity contribution in [2.24, 2.45) is 0 Å². The summed E-state index contributed by atoms with van der Waals surface area (Å²) < 4.78 is 5.31. The lowest BCUT2D eigenvalue weighted by Gasteiger charge is -2.49. The molecule has 3 rings (SSSR count). The molecular weight excluding hydrogens is 330 g/mol. The first-order valence-electron chi connectivity index (χ1n) is 9.00. The van der Waals surface area contributed by atoms with Crippen LogP contribution in [0.2, 0.25) is 0 Å². The number of aliphatic hydroxyl groups is 1. The first kappa shape index (κ1) is 18.6. The van der Waals surface area contributed by atoms with Crippen LogP contribution < -0.4 is 5.32 Å². The predicted molar refractivity (Wildman–Crippen MR) is 98.4 cm³/mol. The summed E-state index contributed by atoms with van der Waals surface area (Å²) in [6, 6.07) is 9.47. The zero-order valence-corrected chi connectivity index (χ0v) is 15.8. The van der Waals surface area contributed by atoms with Gasteiger partial charge in [0.2, 0.25) is 5.91 Å². The third-order valence-corrected chi connectivity index (χ3v) is 5.33. The summed E-state index contributed by atoms with van der Waals surface area (Å²) in [5.74, 6) is 0.665. The van der Waals surface area contributed by atoms with Gasteiger partial charge in [-0.2, -0.15) is 0 Å². The van der Waals surface area contributed by atoms with Gasteiger partial charge in [-0.1, -0.05) is 35.5 Å². The number of hydrogen-bond acceptors (Lipinski definition) is 5. The molecule has 1 aromatic heterocycles. The number of piperidine rings is 1. The Kier molecular flexibility index (Phi) is 5.16. The smallest absolute Gasteiger partial charge is 0.217 e. The van der Waals surface area contributed by atoms with Crippen molar-refractivity contribution in [3.63, 3.8) is 0 Å². The zero-order chi connectivity index (χ0) is 18.9. The zero-order valence-electron chi connectivity index (χ0n) is 15.8. The van der Waals surface area contributed by atoms with E-state index < -0.39 is 11.6 Å². The molecule has 1 fully saturated rings. The minimum atomic E-state index is -0.985. The Labute approximate surface area is 154 Å². The maximum atomic E-state index is 11.8. The quantitative estimate of drug-likeness (QED) is 0.879. The van der Waals surface area contributed by atoms with E-state index in [2.05, 4.69) is 15.4 Å². The third kappa shape index (κ3) is 3.66. The van der Waals surface area contributed by atoms with Gasteiger partial charge < -0.3 is 14.9 Å². The molecule has 0 bridgehead atoms. The minimum absolute atomic E-state index is 0.141. The van der Waals surface area contributed by atoms with Crippen LogP contribution in [0.25, 0.3) is 0 Å². The van der Waals surface area contributed by atoms with Crippen molar-refractivity contribution in [1.29, 1.82) is 0 Å². The van der Waals surface area contributed by atoms with E-state index in [1.54, 1.807) is 6.92 Å². The van der Waals surface area contributed by atoms with Crippen molar-refractivity contribution in [1.82, 2.24) is 15.4 Å². The molecule has 26 heavy (non-hydrogen) atoms. The third-order valence-electron chi connectivity index (χ3n) is 5.33. The van der Waals surface area contributed by atoms with E-state index in [0.29, 0.717) is 19.5 Å². The van der Waals surface area contributed by atoms with Gasteiger partial charge >= 0.3 is 0 Å². The van der Waals surface area contributed by atoms with E-state index in [4.69, 9.17) is 4.52 Å². The van der Waals surface area contributed by atoms with Gasteiger partial charge in [0.05, 0.1) is 23.4 Å². The summed E-state index contributed by atoms with van der Waals surface area (Å²) in [7, 11) is 0. The average Bonchev–Trinajstić information content (AvgIpc) is 2.90. The molecule has 1 aliphatic heterocycles. The van der Waals surface area contributed by atoms with Crippen LogP contribution >= 0.6 is 0 Å². The molecule has 0 spiro atoms. The molecule has 2 N–H and O–H groups in total. The Bertz CT molecular complexity index is 750. The number of amides is 1. The van der Waals surface area contributed by atoms with Crippen molar-refractivity contribution in [3.05, 3.63) is 52.9 Å². The van der Waals surface area contributed by atoms with Crippen LogP contribution in [0.15, 0.2) is 34.9 Å². The van der Waals surface area contributed by atoms with Crippen molar-refractivity contribution < 1.29 is 14.4 Å². The average molecular weight is 357 g/mol. The number of likely N-dealkylation sites (tertiary alicyclic amines) is 1. The molecule has 1 amide bonds. The van der Waals surface area contributed by atoms with Gasteiger partial charge in [0.15, 0.2) is 0 Å². The van der Waals surface area contributed by atoms with Crippen molar-refractivity contribution in [2.45, 2.75) is 58.3 Å². The number of carbonyl (C=O) groups is 1. The summed E-state index contributed by atoms with van der Waals surface area (Å²) in [6.07, 6.45) is 0.574. The number of hydrogen-bond donors (Lipinski definition) is 2. The van der Waals surface area contributed by atoms with Crippen LogP contribution in [-0.2, 0) is 11.3 Å². The van der Waals surface area contributed by atoms with Crippen LogP contribution in [0.4, 0.5) is 0 Å². The number of aryl methyl sites for hydroxylation is 2. The standard InChI is InChI=1S/C20H27N3O3/c1-13-17(14(2)26-22-13)12-23-11-10-20(4,25)19(21-15(3)24)18(23)16-8-6-5-7-9-16/h5-9,18-19,25H,10-12H2,1-4H3,(H,21,24). The Morgan fingerprint density at radius 3 is 2.65 bits per heavy atom. The SMILES string of the molecule is CC(=O)NC1C(c2ccccc2)N(Cc2c(C)noc2C)CCC1(C)O. The Morgan fingerprint density at radius 2 is 2.08 bits per heavy atom. The van der Waals surface area contributed by atoms with Crippen LogP contribution in [0, 0.1) is 13.8 Å². The Balaban J connectivity index is 2.00. The molecule has 3 atom stereocenters. The molecule has 0 saturated carbocycles. The van der Waals surface area contributed by atoms with E-state index in [1.807, 2.05) is 44.2 Å². The monoisotopic (exact) mass is 357 g/mol. The first-order valence-corrected chi connectivity index (χ1v) is 9.00. The van der Waals surface area contributed by atoms with Crippen LogP contribution in [0.3, 0.4) is 0 Å². The van der Waals surface area contributed by atoms with Gasteiger partial charge in [0.25, 0.3) is 0 Å². The summed E-state index contributed by atoms with van der Waals surface area (Å²) >= 11 is 0. The summed E-state index contributed by atoms with van der Waals surface area (Å²) in [6.45, 7) is 8.52. The molecule has 0 radical (unpaired) electrons. The molecule has 1 aromatic carbocycles. The van der Waals surface area contributed by atoms with Crippen molar-refractivity contribution in [3.8, 4) is 0 Å². The minimum Gasteiger partial charge on any atom is -0.388 e. The second kappa shape index (κ2) is 7.21. The summed E-state index contributed by atoms with van der Waals surface area (Å²) in [4.78, 5) is 14.1. The number of carbonyl (C=O) groups excluding carboxylic acids is 1. The molecule has 6 heteroatoms. The molecule has 3 unspecified atom stereocenters. The lowest BCUT2D eigenvalue weighted by molar-refractivity contribution is -0.126. The number of nitrogens with zero attached hydrogens (tertiary/aromatic N) is 2. The first-order chi connectivity index (χ1) is 12.3. The maximum absolute atomic E-state index is 11.8. The second-order valence-corrected chi connectivity index (χ2v) is 7.41. The van der Waals surface area contributed by atoms with E-state index >= 15 is 0 Å². The molecule has 2 aromatic rings. The number of benzene rings is 1. The highest BCUT2D eigenvalue weighted by atomic mass is 16.5. The Hall–Kier alpha value is -2.18. The van der Waals surface area contributed by atoms with Crippen molar-refractivity contribution in [2.75, 3.05) is 6.54 Å². The fraction of sp³-hybridized carbons (Fsp3) is 0.500. The van der Waals surface area contributed by atoms with Gasteiger partial charge in [-0.3, -0.25) is 9.69 Å². The lowest BCUT2D eigenvalue weighted by atomic mass is 9.79. The normalized spacial score (nSPS) is 26.7. The highest BCUT2D eigenvalue weighted by Crippen LogP contribution is 2.38. The largest absolute Gasteiger partial charge is 0.388 e. The van der Waals surface area contributed by atoms with Crippen LogP contribution in [0.5, 0.6) is 0 Å². The fourth-order valence-corrected chi connectivity index (χ4v) is 3.83. The highest BCUT2D eigenvalue weighted by Gasteiger charge is 2.46. The molecule has 1 saturated heterocycles. The second-order valence-electron chi connectivity index (χ2n) is 7.41. The van der Waals surface area contributed by atoms with E-state index in [-0.39, 0.29) is 11.9 Å². The van der Waals surface area contributed by atoms with Crippen LogP contribution in [-0.4, -0.2) is 39.3 Å². The van der Waals surface area contributed by atoms with Gasteiger partial charge in [-0.05, 0) is 32.8 Å². The van der Waals surface area contributed by atoms with E-state index in [0.717, 1.165) is 22.6 Å². The summed E-state index contributed by atoms with van der Waals surface area (Å²) in [5, 5.41) is 18.0. The highest BCUT2D eigenvalue weighted by molar-refractivity contribution is 5.73. The predicted octanol–water partition coefficient (Wildman–Crippen LogP) is 2.49. The van der Waals surface area contributed by atoms with Crippen molar-refractivity contribution >= 4 is 5.91 Å². The van der Waals surface area contributed by atoms with Gasteiger partial charge in [0.1, 0.15) is 5.76 Å². The van der Waals surface area contributed by atoms with Gasteiger partial charge in [0, 0.05) is 25.6 Å². The molecule has 140 valence electrons. The lowest BCUT2D eigenvalue weighted by Crippen LogP contribution is -2.62. The Morgan fingerprint density at radius 1 is 1.38 bits per heavy atom.